The van der Waals surface area contributed by atoms with Crippen LogP contribution in [0.15, 0.2) is 115 Å². The lowest BCUT2D eigenvalue weighted by Crippen LogP contribution is -2.26. The summed E-state index contributed by atoms with van der Waals surface area (Å²) in [6.07, 6.45) is 13.0. The number of nitrogens with zero attached hydrogens (tertiary/aromatic N) is 2. The number of carboxylic acids is 1. The van der Waals surface area contributed by atoms with Crippen LogP contribution in [0.2, 0.25) is 0 Å². The average Bonchev–Trinajstić information content (AvgIpc) is 3.87. The number of benzene rings is 4. The second-order valence-electron chi connectivity index (χ2n) is 13.4. The van der Waals surface area contributed by atoms with Gasteiger partial charge in [-0.1, -0.05) is 111 Å². The van der Waals surface area contributed by atoms with Gasteiger partial charge < -0.3 is 10.0 Å². The van der Waals surface area contributed by atoms with Crippen LogP contribution in [0.3, 0.4) is 0 Å². The zero-order valence-electron chi connectivity index (χ0n) is 28.5. The van der Waals surface area contributed by atoms with E-state index in [4.69, 9.17) is 0 Å². The fourth-order valence-electron chi connectivity index (χ4n) is 7.78. The van der Waals surface area contributed by atoms with Crippen molar-refractivity contribution in [2.24, 2.45) is 0 Å². The molecule has 0 spiro atoms. The first-order chi connectivity index (χ1) is 24.5. The van der Waals surface area contributed by atoms with E-state index in [2.05, 4.69) is 127 Å². The van der Waals surface area contributed by atoms with E-state index >= 15 is 0 Å². The molecule has 7 rings (SSSR count). The van der Waals surface area contributed by atoms with Gasteiger partial charge in [-0.3, -0.25) is 0 Å². The molecule has 1 fully saturated rings. The van der Waals surface area contributed by atoms with Gasteiger partial charge in [0.15, 0.2) is 0 Å². The Kier molecular flexibility index (Phi) is 10.1. The molecule has 1 saturated carbocycles. The van der Waals surface area contributed by atoms with Crippen LogP contribution < -0.4 is 4.90 Å². The van der Waals surface area contributed by atoms with E-state index in [1.165, 1.54) is 99.8 Å². The molecule has 5 heteroatoms. The van der Waals surface area contributed by atoms with E-state index in [0.29, 0.717) is 12.0 Å². The minimum Gasteiger partial charge on any atom is -0.477 e. The third-order valence-corrected chi connectivity index (χ3v) is 11.4. The third kappa shape index (κ3) is 6.95. The highest BCUT2D eigenvalue weighted by Crippen LogP contribution is 2.53. The van der Waals surface area contributed by atoms with Crippen LogP contribution in [0.4, 0.5) is 11.4 Å². The molecule has 0 bridgehead atoms. The van der Waals surface area contributed by atoms with Crippen molar-refractivity contribution in [3.8, 4) is 16.5 Å². The summed E-state index contributed by atoms with van der Waals surface area (Å²) in [4.78, 5) is 16.2. The Morgan fingerprint density at radius 3 is 2.26 bits per heavy atom. The van der Waals surface area contributed by atoms with Gasteiger partial charge in [-0.25, -0.2) is 4.79 Å². The number of nitriles is 1. The van der Waals surface area contributed by atoms with E-state index in [1.54, 1.807) is 11.3 Å². The molecule has 5 aromatic rings. The molecule has 1 aliphatic heterocycles. The zero-order chi connectivity index (χ0) is 34.5. The normalized spacial score (nSPS) is 16.5. The van der Waals surface area contributed by atoms with Crippen LogP contribution in [-0.2, 0) is 11.2 Å². The molecule has 250 valence electrons. The van der Waals surface area contributed by atoms with Crippen LogP contribution >= 0.6 is 11.3 Å². The Bertz CT molecular complexity index is 2030. The minimum atomic E-state index is -1.19. The smallest absolute Gasteiger partial charge is 0.346 e. The van der Waals surface area contributed by atoms with Gasteiger partial charge in [-0.05, 0) is 107 Å². The number of hydrogen-bond donors (Lipinski definition) is 1. The van der Waals surface area contributed by atoms with E-state index in [9.17, 15) is 15.2 Å². The number of fused-ring (bicyclic) bond motifs is 3. The standard InChI is InChI=1S/C45H42N2O2S/c1-2-3-4-7-17-34-27-38(28-36(30-46)45(48)49)50-44(34)35-22-25-43-41(29-35)39-18-12-19-42(39)47(43)37-23-20-31(21-24-37)26-40(32-13-8-5-9-14-32)33-15-10-6-11-16-33/h5-6,8-11,13-16,20-29,39,42H,2-4,7,12,17-19H2,1H3,(H,48,49)/b36-28-. The maximum absolute atomic E-state index is 11.6. The topological polar surface area (TPSA) is 64.3 Å². The van der Waals surface area contributed by atoms with Gasteiger partial charge in [0.25, 0.3) is 0 Å². The highest BCUT2D eigenvalue weighted by atomic mass is 32.1. The van der Waals surface area contributed by atoms with Gasteiger partial charge >= 0.3 is 5.97 Å². The minimum absolute atomic E-state index is 0.230. The summed E-state index contributed by atoms with van der Waals surface area (Å²) in [5.41, 5.74) is 10.9. The van der Waals surface area contributed by atoms with Crippen molar-refractivity contribution < 1.29 is 9.90 Å². The first kappa shape index (κ1) is 33.3. The highest BCUT2D eigenvalue weighted by Gasteiger charge is 2.42. The largest absolute Gasteiger partial charge is 0.477 e. The Labute approximate surface area is 299 Å². The van der Waals surface area contributed by atoms with Crippen LogP contribution in [0.25, 0.3) is 28.2 Å². The lowest BCUT2D eigenvalue weighted by Gasteiger charge is -2.27. The Morgan fingerprint density at radius 2 is 1.60 bits per heavy atom. The third-order valence-electron chi connectivity index (χ3n) is 10.2. The maximum Gasteiger partial charge on any atom is 0.346 e. The lowest BCUT2D eigenvalue weighted by molar-refractivity contribution is -0.132. The summed E-state index contributed by atoms with van der Waals surface area (Å²) < 4.78 is 0. The summed E-state index contributed by atoms with van der Waals surface area (Å²) in [5.74, 6) is -0.703. The molecule has 2 heterocycles. The summed E-state index contributed by atoms with van der Waals surface area (Å²) in [6.45, 7) is 2.22. The predicted molar refractivity (Wildman–Crippen MR) is 208 cm³/mol. The average molecular weight is 675 g/mol. The lowest BCUT2D eigenvalue weighted by atomic mass is 9.94. The van der Waals surface area contributed by atoms with Gasteiger partial charge in [0.05, 0.1) is 0 Å². The monoisotopic (exact) mass is 674 g/mol. The number of unbranched alkanes of at least 4 members (excludes halogenated alkanes) is 3. The Hall–Kier alpha value is -5.18. The van der Waals surface area contributed by atoms with Crippen molar-refractivity contribution in [2.75, 3.05) is 4.90 Å². The molecule has 1 aromatic heterocycles. The predicted octanol–water partition coefficient (Wildman–Crippen LogP) is 11.9. The molecule has 0 saturated heterocycles. The Balaban J connectivity index is 1.21. The van der Waals surface area contributed by atoms with Crippen LogP contribution in [0, 0.1) is 11.3 Å². The van der Waals surface area contributed by atoms with Crippen molar-refractivity contribution in [3.05, 3.63) is 147 Å². The van der Waals surface area contributed by atoms with Crippen molar-refractivity contribution in [1.29, 1.82) is 5.26 Å². The second kappa shape index (κ2) is 15.2. The summed E-state index contributed by atoms with van der Waals surface area (Å²) in [5, 5.41) is 18.9. The molecule has 0 amide bonds. The van der Waals surface area contributed by atoms with Crippen LogP contribution in [-0.4, -0.2) is 17.1 Å². The molecule has 50 heavy (non-hydrogen) atoms. The van der Waals surface area contributed by atoms with Crippen molar-refractivity contribution in [3.63, 3.8) is 0 Å². The van der Waals surface area contributed by atoms with Crippen molar-refractivity contribution in [1.82, 2.24) is 0 Å². The Morgan fingerprint density at radius 1 is 0.880 bits per heavy atom. The van der Waals surface area contributed by atoms with Gasteiger partial charge in [-0.2, -0.15) is 5.26 Å². The fraction of sp³-hybridized carbons (Fsp3) is 0.244. The number of rotatable bonds is 12. The van der Waals surface area contributed by atoms with Gasteiger partial charge in [-0.15, -0.1) is 11.3 Å². The number of hydrogen-bond acceptors (Lipinski definition) is 4. The molecule has 4 aromatic carbocycles. The first-order valence-corrected chi connectivity index (χ1v) is 18.7. The zero-order valence-corrected chi connectivity index (χ0v) is 29.3. The number of carbonyl (C=O) groups is 1. The van der Waals surface area contributed by atoms with Crippen molar-refractivity contribution >= 4 is 46.4 Å². The molecule has 2 atom stereocenters. The van der Waals surface area contributed by atoms with Gasteiger partial charge in [0, 0.05) is 33.1 Å². The summed E-state index contributed by atoms with van der Waals surface area (Å²) in [7, 11) is 0. The number of thiophene rings is 1. The van der Waals surface area contributed by atoms with Crippen molar-refractivity contribution in [2.45, 2.75) is 70.3 Å². The SMILES string of the molecule is CCCCCCc1cc(/C=C(/C#N)C(=O)O)sc1-c1ccc2c(c1)C1CCCC1N2c1ccc(C=C(c2ccccc2)c2ccccc2)cc1. The van der Waals surface area contributed by atoms with Gasteiger partial charge in [0.1, 0.15) is 11.6 Å². The van der Waals surface area contributed by atoms with E-state index < -0.39 is 5.97 Å². The summed E-state index contributed by atoms with van der Waals surface area (Å²) in [6, 6.07) is 41.6. The molecule has 2 unspecified atom stereocenters. The van der Waals surface area contributed by atoms with E-state index in [1.807, 2.05) is 6.07 Å². The molecule has 0 radical (unpaired) electrons. The number of carboxylic acid groups (broad SMARTS) is 1. The number of aryl methyl sites for hydroxylation is 1. The maximum atomic E-state index is 11.6. The van der Waals surface area contributed by atoms with E-state index in [-0.39, 0.29) is 5.57 Å². The highest BCUT2D eigenvalue weighted by molar-refractivity contribution is 7.16. The fourth-order valence-corrected chi connectivity index (χ4v) is 8.93. The molecule has 2 aliphatic rings. The second-order valence-corrected chi connectivity index (χ2v) is 14.5. The van der Waals surface area contributed by atoms with Gasteiger partial charge in [0.2, 0.25) is 0 Å². The summed E-state index contributed by atoms with van der Waals surface area (Å²) >= 11 is 1.60. The van der Waals surface area contributed by atoms with E-state index in [0.717, 1.165) is 17.7 Å². The molecular formula is C45H42N2O2S. The molecule has 4 nitrogen and oxygen atoms in total. The number of aliphatic carboxylic acids is 1. The molecular weight excluding hydrogens is 633 g/mol. The first-order valence-electron chi connectivity index (χ1n) is 17.9. The quantitative estimate of drug-likeness (QED) is 0.0619. The molecule has 1 N–H and O–H groups in total. The molecule has 1 aliphatic carbocycles. The van der Waals surface area contributed by atoms with Crippen LogP contribution in [0.5, 0.6) is 0 Å². The number of anilines is 2. The van der Waals surface area contributed by atoms with Crippen LogP contribution in [0.1, 0.15) is 90.5 Å².